The number of hydrogen-bond acceptors (Lipinski definition) is 2. The number of hydrogen-bond donors (Lipinski definition) is 1. The predicted molar refractivity (Wildman–Crippen MR) is 93.1 cm³/mol. The van der Waals surface area contributed by atoms with Gasteiger partial charge in [0.15, 0.2) is 0 Å². The Hall–Kier alpha value is -0.370. The number of aliphatic imine (C=N–C) groups is 1. The highest BCUT2D eigenvalue weighted by Gasteiger charge is 2.33. The summed E-state index contributed by atoms with van der Waals surface area (Å²) in [6.45, 7) is 9.51. The highest BCUT2D eigenvalue weighted by Crippen LogP contribution is 2.37. The fourth-order valence-electron chi connectivity index (χ4n) is 4.59. The second kappa shape index (κ2) is 8.92. The molecule has 0 aromatic carbocycles. The van der Waals surface area contributed by atoms with E-state index >= 15 is 0 Å². The molecule has 2 fully saturated rings. The van der Waals surface area contributed by atoms with Gasteiger partial charge >= 0.3 is 0 Å². The molecule has 0 amide bonds. The van der Waals surface area contributed by atoms with E-state index in [1.807, 2.05) is 0 Å². The molecule has 0 aromatic rings. The average Bonchev–Trinajstić information content (AvgIpc) is 2.81. The zero-order valence-electron chi connectivity index (χ0n) is 14.3. The number of piperidine rings is 1. The van der Waals surface area contributed by atoms with Crippen LogP contribution in [0.4, 0.5) is 0 Å². The molecule has 0 bridgehead atoms. The van der Waals surface area contributed by atoms with Crippen LogP contribution in [0.2, 0.25) is 0 Å². The van der Waals surface area contributed by atoms with Crippen molar-refractivity contribution in [3.8, 4) is 0 Å². The topological polar surface area (TPSA) is 24.4 Å². The van der Waals surface area contributed by atoms with Crippen LogP contribution in [0.1, 0.15) is 78.1 Å². The highest BCUT2D eigenvalue weighted by atomic mass is 14.9. The van der Waals surface area contributed by atoms with Crippen molar-refractivity contribution in [3.63, 3.8) is 0 Å². The number of rotatable bonds is 6. The van der Waals surface area contributed by atoms with Crippen LogP contribution in [0.3, 0.4) is 0 Å². The molecule has 0 aromatic heterocycles. The third-order valence-electron chi connectivity index (χ3n) is 6.09. The summed E-state index contributed by atoms with van der Waals surface area (Å²) in [5, 5.41) is 3.88. The smallest absolute Gasteiger partial charge is 0.0464 e. The minimum Gasteiger partial charge on any atom is -0.313 e. The van der Waals surface area contributed by atoms with Crippen LogP contribution in [0.25, 0.3) is 0 Å². The summed E-state index contributed by atoms with van der Waals surface area (Å²) in [7, 11) is 0. The van der Waals surface area contributed by atoms with E-state index in [0.717, 1.165) is 23.8 Å². The van der Waals surface area contributed by atoms with Crippen molar-refractivity contribution in [2.75, 3.05) is 6.54 Å². The van der Waals surface area contributed by atoms with Crippen molar-refractivity contribution in [3.05, 3.63) is 0 Å². The van der Waals surface area contributed by atoms with E-state index in [1.165, 1.54) is 70.8 Å². The molecule has 0 radical (unpaired) electrons. The van der Waals surface area contributed by atoms with E-state index in [4.69, 9.17) is 0 Å². The van der Waals surface area contributed by atoms with Crippen LogP contribution in [-0.4, -0.2) is 25.3 Å². The number of nitrogens with one attached hydrogen (secondary N) is 1. The molecular formula is C19H36N2. The third kappa shape index (κ3) is 5.09. The first kappa shape index (κ1) is 17.0. The maximum absolute atomic E-state index is 4.17. The van der Waals surface area contributed by atoms with Gasteiger partial charge in [0.25, 0.3) is 0 Å². The van der Waals surface area contributed by atoms with Crippen LogP contribution in [0.5, 0.6) is 0 Å². The van der Waals surface area contributed by atoms with E-state index in [2.05, 4.69) is 30.9 Å². The van der Waals surface area contributed by atoms with Gasteiger partial charge < -0.3 is 5.32 Å². The summed E-state index contributed by atoms with van der Waals surface area (Å²) in [6.07, 6.45) is 14.1. The molecule has 2 aliphatic rings. The summed E-state index contributed by atoms with van der Waals surface area (Å²) in [4.78, 5) is 4.17. The maximum Gasteiger partial charge on any atom is 0.0464 e. The molecule has 2 nitrogen and oxygen atoms in total. The Morgan fingerprint density at radius 3 is 2.48 bits per heavy atom. The van der Waals surface area contributed by atoms with E-state index in [1.54, 1.807) is 0 Å². The summed E-state index contributed by atoms with van der Waals surface area (Å²) < 4.78 is 0. The lowest BCUT2D eigenvalue weighted by molar-refractivity contribution is 0.144. The second-order valence-corrected chi connectivity index (χ2v) is 7.54. The fourth-order valence-corrected chi connectivity index (χ4v) is 4.59. The molecule has 21 heavy (non-hydrogen) atoms. The average molecular weight is 293 g/mol. The number of nitrogens with zero attached hydrogens (tertiary/aromatic N) is 1. The Morgan fingerprint density at radius 1 is 1.14 bits per heavy atom. The Kier molecular flexibility index (Phi) is 7.22. The molecule has 122 valence electrons. The molecule has 1 N–H and O–H groups in total. The SMILES string of the molecule is C=NC(C)CCC1C[C@@H](C2CCCCCC2)CNC1CC. The molecule has 1 saturated carbocycles. The molecular weight excluding hydrogens is 256 g/mol. The first-order chi connectivity index (χ1) is 10.2. The quantitative estimate of drug-likeness (QED) is 0.550. The van der Waals surface area contributed by atoms with Gasteiger partial charge in [-0.05, 0) is 63.6 Å². The van der Waals surface area contributed by atoms with Crippen molar-refractivity contribution >= 4 is 6.72 Å². The van der Waals surface area contributed by atoms with Crippen molar-refractivity contribution in [1.29, 1.82) is 0 Å². The van der Waals surface area contributed by atoms with Gasteiger partial charge in [0, 0.05) is 12.1 Å². The third-order valence-corrected chi connectivity index (χ3v) is 6.09. The lowest BCUT2D eigenvalue weighted by atomic mass is 9.73. The van der Waals surface area contributed by atoms with E-state index in [0.29, 0.717) is 6.04 Å². The van der Waals surface area contributed by atoms with Gasteiger partial charge in [-0.3, -0.25) is 4.99 Å². The van der Waals surface area contributed by atoms with Crippen molar-refractivity contribution in [2.24, 2.45) is 22.7 Å². The zero-order chi connectivity index (χ0) is 15.1. The maximum atomic E-state index is 4.17. The molecule has 1 aliphatic heterocycles. The molecule has 1 saturated heterocycles. The first-order valence-corrected chi connectivity index (χ1v) is 9.43. The van der Waals surface area contributed by atoms with Gasteiger partial charge in [-0.25, -0.2) is 0 Å². The van der Waals surface area contributed by atoms with Crippen molar-refractivity contribution in [2.45, 2.75) is 90.1 Å². The Morgan fingerprint density at radius 2 is 1.86 bits per heavy atom. The summed E-state index contributed by atoms with van der Waals surface area (Å²) in [6, 6.07) is 1.17. The minimum atomic E-state index is 0.431. The van der Waals surface area contributed by atoms with Gasteiger partial charge in [-0.1, -0.05) is 45.4 Å². The summed E-state index contributed by atoms with van der Waals surface area (Å²) >= 11 is 0. The van der Waals surface area contributed by atoms with Crippen LogP contribution in [0.15, 0.2) is 4.99 Å². The van der Waals surface area contributed by atoms with E-state index in [-0.39, 0.29) is 0 Å². The van der Waals surface area contributed by atoms with E-state index < -0.39 is 0 Å². The summed E-state index contributed by atoms with van der Waals surface area (Å²) in [5.74, 6) is 2.79. The first-order valence-electron chi connectivity index (χ1n) is 9.43. The minimum absolute atomic E-state index is 0.431. The highest BCUT2D eigenvalue weighted by molar-refractivity contribution is 5.23. The monoisotopic (exact) mass is 292 g/mol. The van der Waals surface area contributed by atoms with Crippen LogP contribution < -0.4 is 5.32 Å². The van der Waals surface area contributed by atoms with Gasteiger partial charge in [0.2, 0.25) is 0 Å². The molecule has 0 spiro atoms. The van der Waals surface area contributed by atoms with Crippen molar-refractivity contribution in [1.82, 2.24) is 5.32 Å². The summed E-state index contributed by atoms with van der Waals surface area (Å²) in [5.41, 5.74) is 0. The molecule has 2 rings (SSSR count). The standard InChI is InChI=1S/C19H36N2/c1-4-19-17(12-11-15(2)20-3)13-18(14-21-19)16-9-7-5-6-8-10-16/h15-19,21H,3-14H2,1-2H3/t15?,17?,18-,19?/m1/s1. The second-order valence-electron chi connectivity index (χ2n) is 7.54. The van der Waals surface area contributed by atoms with Gasteiger partial charge in [-0.15, -0.1) is 0 Å². The predicted octanol–water partition coefficient (Wildman–Crippen LogP) is 4.83. The van der Waals surface area contributed by atoms with Crippen molar-refractivity contribution < 1.29 is 0 Å². The Bertz CT molecular complexity index is 294. The lowest BCUT2D eigenvalue weighted by Crippen LogP contribution is -2.47. The van der Waals surface area contributed by atoms with Gasteiger partial charge in [0.05, 0.1) is 0 Å². The van der Waals surface area contributed by atoms with Crippen LogP contribution in [-0.2, 0) is 0 Å². The molecule has 1 aliphatic carbocycles. The Balaban J connectivity index is 1.88. The fraction of sp³-hybridized carbons (Fsp3) is 0.947. The molecule has 2 heteroatoms. The van der Waals surface area contributed by atoms with Gasteiger partial charge in [-0.2, -0.15) is 0 Å². The Labute approximate surface area is 132 Å². The molecule has 1 heterocycles. The normalized spacial score (nSPS) is 33.3. The lowest BCUT2D eigenvalue weighted by Gasteiger charge is -2.40. The van der Waals surface area contributed by atoms with Crippen LogP contribution in [0, 0.1) is 17.8 Å². The largest absolute Gasteiger partial charge is 0.313 e. The van der Waals surface area contributed by atoms with E-state index in [9.17, 15) is 0 Å². The molecule has 3 unspecified atom stereocenters. The van der Waals surface area contributed by atoms with Crippen LogP contribution >= 0.6 is 0 Å². The molecule has 4 atom stereocenters. The zero-order valence-corrected chi connectivity index (χ0v) is 14.3. The van der Waals surface area contributed by atoms with Gasteiger partial charge in [0.1, 0.15) is 0 Å².